The SMILES string of the molecule is Cc1onc(-c2c(Cl)cccc2Cl)c1C(=O)N=[S@@](C)(=O)c1ccc(C(F)(F)F)cn1. The Hall–Kier alpha value is -2.43. The van der Waals surface area contributed by atoms with E-state index in [1.54, 1.807) is 6.07 Å². The van der Waals surface area contributed by atoms with E-state index in [2.05, 4.69) is 14.5 Å². The van der Waals surface area contributed by atoms with Crippen molar-refractivity contribution in [1.29, 1.82) is 0 Å². The molecule has 2 heterocycles. The Morgan fingerprint density at radius 2 is 1.80 bits per heavy atom. The van der Waals surface area contributed by atoms with Gasteiger partial charge < -0.3 is 4.52 Å². The lowest BCUT2D eigenvalue weighted by Crippen LogP contribution is -2.09. The maximum Gasteiger partial charge on any atom is 0.417 e. The molecule has 3 rings (SSSR count). The second-order valence-corrected chi connectivity index (χ2v) is 9.16. The van der Waals surface area contributed by atoms with Crippen molar-refractivity contribution in [2.45, 2.75) is 18.1 Å². The molecule has 2 aromatic heterocycles. The molecule has 0 aliphatic rings. The molecule has 0 unspecified atom stereocenters. The van der Waals surface area contributed by atoms with E-state index in [4.69, 9.17) is 27.7 Å². The average molecular weight is 478 g/mol. The molecule has 1 aromatic carbocycles. The summed E-state index contributed by atoms with van der Waals surface area (Å²) in [5, 5.41) is 3.93. The molecule has 12 heteroatoms. The zero-order valence-corrected chi connectivity index (χ0v) is 17.7. The molecule has 0 aliphatic heterocycles. The Bertz CT molecular complexity index is 1230. The Morgan fingerprint density at radius 3 is 2.33 bits per heavy atom. The molecule has 6 nitrogen and oxygen atoms in total. The molecule has 0 N–H and O–H groups in total. The number of aromatic nitrogens is 2. The number of hydrogen-bond acceptors (Lipinski definition) is 5. The Labute approximate surface area is 179 Å². The van der Waals surface area contributed by atoms with Gasteiger partial charge in [-0.1, -0.05) is 34.4 Å². The molecule has 1 amide bonds. The molecule has 0 radical (unpaired) electrons. The predicted octanol–water partition coefficient (Wildman–Crippen LogP) is 5.67. The number of aryl methyl sites for hydroxylation is 1. The average Bonchev–Trinajstić information content (AvgIpc) is 3.02. The molecular weight excluding hydrogens is 466 g/mol. The monoisotopic (exact) mass is 477 g/mol. The summed E-state index contributed by atoms with van der Waals surface area (Å²) in [4.78, 5) is 16.4. The Morgan fingerprint density at radius 1 is 1.17 bits per heavy atom. The topological polar surface area (TPSA) is 85.4 Å². The number of amides is 1. The van der Waals surface area contributed by atoms with Crippen molar-refractivity contribution in [3.8, 4) is 11.3 Å². The molecule has 1 atom stereocenters. The summed E-state index contributed by atoms with van der Waals surface area (Å²) in [5.74, 6) is -0.890. The third-order valence-corrected chi connectivity index (χ3v) is 6.15. The zero-order chi connectivity index (χ0) is 22.3. The summed E-state index contributed by atoms with van der Waals surface area (Å²) in [5.41, 5.74) is -0.899. The first-order chi connectivity index (χ1) is 13.9. The van der Waals surface area contributed by atoms with E-state index in [0.717, 1.165) is 12.3 Å². The number of nitrogens with zero attached hydrogens (tertiary/aromatic N) is 3. The number of carbonyl (C=O) groups is 1. The van der Waals surface area contributed by atoms with Crippen LogP contribution in [0.25, 0.3) is 11.3 Å². The predicted molar refractivity (Wildman–Crippen MR) is 105 cm³/mol. The van der Waals surface area contributed by atoms with E-state index in [0.29, 0.717) is 12.3 Å². The van der Waals surface area contributed by atoms with Crippen LogP contribution in [0.3, 0.4) is 0 Å². The van der Waals surface area contributed by atoms with E-state index in [1.165, 1.54) is 19.1 Å². The van der Waals surface area contributed by atoms with Gasteiger partial charge in [0.2, 0.25) is 0 Å². The molecule has 0 saturated heterocycles. The fourth-order valence-corrected chi connectivity index (χ4v) is 4.19. The van der Waals surface area contributed by atoms with Crippen molar-refractivity contribution in [2.75, 3.05) is 6.26 Å². The van der Waals surface area contributed by atoms with Crippen LogP contribution in [0.5, 0.6) is 0 Å². The molecule has 30 heavy (non-hydrogen) atoms. The van der Waals surface area contributed by atoms with Gasteiger partial charge >= 0.3 is 6.18 Å². The highest BCUT2D eigenvalue weighted by molar-refractivity contribution is 7.93. The van der Waals surface area contributed by atoms with E-state index >= 15 is 0 Å². The number of hydrogen-bond donors (Lipinski definition) is 0. The minimum atomic E-state index is -4.60. The van der Waals surface area contributed by atoms with Crippen molar-refractivity contribution in [2.24, 2.45) is 4.36 Å². The van der Waals surface area contributed by atoms with E-state index in [-0.39, 0.29) is 37.7 Å². The van der Waals surface area contributed by atoms with Crippen molar-refractivity contribution in [1.82, 2.24) is 10.1 Å². The van der Waals surface area contributed by atoms with Gasteiger partial charge in [-0.05, 0) is 31.2 Å². The van der Waals surface area contributed by atoms with Gasteiger partial charge in [0.1, 0.15) is 22.0 Å². The molecule has 3 aromatic rings. The van der Waals surface area contributed by atoms with Gasteiger partial charge in [0.15, 0.2) is 0 Å². The van der Waals surface area contributed by atoms with E-state index in [9.17, 15) is 22.2 Å². The number of pyridine rings is 1. The third-order valence-electron chi connectivity index (χ3n) is 3.98. The van der Waals surface area contributed by atoms with Crippen LogP contribution in [0.2, 0.25) is 10.0 Å². The first-order valence-corrected chi connectivity index (χ1v) is 10.8. The normalized spacial score (nSPS) is 13.7. The number of rotatable bonds is 3. The fraction of sp³-hybridized carbons (Fsp3) is 0.167. The first kappa shape index (κ1) is 22.3. The first-order valence-electron chi connectivity index (χ1n) is 8.12. The van der Waals surface area contributed by atoms with Gasteiger partial charge in [-0.2, -0.15) is 17.5 Å². The van der Waals surface area contributed by atoms with Crippen molar-refractivity contribution < 1.29 is 26.7 Å². The summed E-state index contributed by atoms with van der Waals surface area (Å²) >= 11 is 12.3. The van der Waals surface area contributed by atoms with Crippen molar-refractivity contribution in [3.63, 3.8) is 0 Å². The molecule has 0 aliphatic carbocycles. The molecule has 0 bridgehead atoms. The van der Waals surface area contributed by atoms with Crippen LogP contribution in [-0.2, 0) is 15.9 Å². The maximum atomic E-state index is 12.9. The molecule has 0 fully saturated rings. The highest BCUT2D eigenvalue weighted by Crippen LogP contribution is 2.37. The summed E-state index contributed by atoms with van der Waals surface area (Å²) < 4.78 is 59.8. The van der Waals surface area contributed by atoms with Crippen LogP contribution in [0, 0.1) is 6.92 Å². The highest BCUT2D eigenvalue weighted by atomic mass is 35.5. The lowest BCUT2D eigenvalue weighted by atomic mass is 10.1. The summed E-state index contributed by atoms with van der Waals surface area (Å²) in [7, 11) is -3.47. The van der Waals surface area contributed by atoms with Crippen molar-refractivity contribution >= 4 is 38.8 Å². The van der Waals surface area contributed by atoms with Crippen molar-refractivity contribution in [3.05, 3.63) is 63.5 Å². The maximum absolute atomic E-state index is 12.9. The van der Waals surface area contributed by atoms with E-state index in [1.807, 2.05) is 0 Å². The van der Waals surface area contributed by atoms with Gasteiger partial charge in [-0.25, -0.2) is 9.19 Å². The van der Waals surface area contributed by atoms with Gasteiger partial charge in [-0.15, -0.1) is 0 Å². The molecule has 0 saturated carbocycles. The highest BCUT2D eigenvalue weighted by Gasteiger charge is 2.31. The minimum absolute atomic E-state index is 0.00688. The van der Waals surface area contributed by atoms with E-state index < -0.39 is 27.4 Å². The Kier molecular flexibility index (Phi) is 5.94. The summed E-state index contributed by atoms with van der Waals surface area (Å²) in [6.07, 6.45) is -2.99. The van der Waals surface area contributed by atoms with Gasteiger partial charge in [0.05, 0.1) is 25.3 Å². The van der Waals surface area contributed by atoms with Gasteiger partial charge in [0, 0.05) is 18.0 Å². The van der Waals surface area contributed by atoms with Crippen LogP contribution in [0.15, 0.2) is 50.4 Å². The van der Waals surface area contributed by atoms with Crippen LogP contribution in [0.4, 0.5) is 13.2 Å². The molecule has 0 spiro atoms. The van der Waals surface area contributed by atoms with Crippen LogP contribution >= 0.6 is 23.2 Å². The van der Waals surface area contributed by atoms with Crippen LogP contribution < -0.4 is 0 Å². The molecule has 158 valence electrons. The lowest BCUT2D eigenvalue weighted by Gasteiger charge is -2.08. The summed E-state index contributed by atoms with van der Waals surface area (Å²) in [6.45, 7) is 1.44. The standard InChI is InChI=1S/C18H12Cl2F3N3O3S/c1-9-14(16(25-29-9)15-11(19)4-3-5-12(15)20)17(27)26-30(2,28)13-7-6-10(8-24-13)18(21,22)23/h3-8H,1-2H3/t30-/m0/s1. The number of halogens is 5. The minimum Gasteiger partial charge on any atom is -0.360 e. The number of alkyl halides is 3. The Balaban J connectivity index is 2.07. The lowest BCUT2D eigenvalue weighted by molar-refractivity contribution is -0.137. The van der Waals surface area contributed by atoms with Gasteiger partial charge in [0.25, 0.3) is 5.91 Å². The second kappa shape index (κ2) is 8.01. The van der Waals surface area contributed by atoms with Crippen LogP contribution in [0.1, 0.15) is 21.7 Å². The third kappa shape index (κ3) is 4.35. The largest absolute Gasteiger partial charge is 0.417 e. The summed E-state index contributed by atoms with van der Waals surface area (Å²) in [6, 6.07) is 6.29. The van der Waals surface area contributed by atoms with Crippen LogP contribution in [-0.4, -0.2) is 26.5 Å². The quantitative estimate of drug-likeness (QED) is 0.485. The number of carbonyl (C=O) groups excluding carboxylic acids is 1. The fourth-order valence-electron chi connectivity index (χ4n) is 2.54. The zero-order valence-electron chi connectivity index (χ0n) is 15.3. The smallest absolute Gasteiger partial charge is 0.360 e. The number of benzene rings is 1. The molecular formula is C18H12Cl2F3N3O3S. The van der Waals surface area contributed by atoms with Gasteiger partial charge in [-0.3, -0.25) is 4.79 Å². The second-order valence-electron chi connectivity index (χ2n) is 6.14.